The van der Waals surface area contributed by atoms with Crippen molar-refractivity contribution in [3.05, 3.63) is 103 Å². The maximum Gasteiger partial charge on any atom is 0.297 e. The van der Waals surface area contributed by atoms with Crippen LogP contribution in [0.25, 0.3) is 11.1 Å². The highest BCUT2D eigenvalue weighted by molar-refractivity contribution is 6.30. The summed E-state index contributed by atoms with van der Waals surface area (Å²) in [6.07, 6.45) is 0.856. The van der Waals surface area contributed by atoms with E-state index in [4.69, 9.17) is 21.1 Å². The Labute approximate surface area is 239 Å². The van der Waals surface area contributed by atoms with Crippen LogP contribution in [-0.2, 0) is 18.9 Å². The van der Waals surface area contributed by atoms with Crippen LogP contribution < -0.4 is 20.6 Å². The molecule has 0 amide bonds. The van der Waals surface area contributed by atoms with E-state index >= 15 is 0 Å². The first kappa shape index (κ1) is 29.5. The van der Waals surface area contributed by atoms with Gasteiger partial charge >= 0.3 is 0 Å². The minimum atomic E-state index is -3.46. The zero-order valence-corrected chi connectivity index (χ0v) is 23.6. The lowest BCUT2D eigenvalue weighted by molar-refractivity contribution is -0.0151. The Morgan fingerprint density at radius 1 is 1.15 bits per heavy atom. The molecule has 2 aromatic carbocycles. The Kier molecular flexibility index (Phi) is 8.59. The number of aryl methyl sites for hydroxylation is 1. The molecule has 0 aliphatic rings. The van der Waals surface area contributed by atoms with Gasteiger partial charge in [0.2, 0.25) is 5.75 Å². The summed E-state index contributed by atoms with van der Waals surface area (Å²) in [5.74, 6) is -3.60. The third-order valence-corrected chi connectivity index (χ3v) is 6.93. The number of nitrogens with zero attached hydrogens (tertiary/aromatic N) is 3. The van der Waals surface area contributed by atoms with Gasteiger partial charge in [-0.25, -0.2) is 4.98 Å². The average molecular weight is 581 g/mol. The highest BCUT2D eigenvalue weighted by Gasteiger charge is 2.37. The zero-order chi connectivity index (χ0) is 29.9. The maximum atomic E-state index is 14.9. The predicted octanol–water partition coefficient (Wildman–Crippen LogP) is 6.35. The first-order valence-corrected chi connectivity index (χ1v) is 13.2. The molecule has 0 radical (unpaired) electrons. The van der Waals surface area contributed by atoms with Crippen LogP contribution in [-0.4, -0.2) is 21.6 Å². The molecule has 0 unspecified atom stereocenters. The molecule has 1 N–H and O–H groups in total. The van der Waals surface area contributed by atoms with Gasteiger partial charge < -0.3 is 14.5 Å². The van der Waals surface area contributed by atoms with E-state index in [2.05, 4.69) is 9.97 Å². The normalized spacial score (nSPS) is 11.3. The zero-order valence-electron chi connectivity index (χ0n) is 22.8. The number of nitriles is 1. The monoisotopic (exact) mass is 580 g/mol. The van der Waals surface area contributed by atoms with Crippen molar-refractivity contribution < 1.29 is 18.3 Å². The van der Waals surface area contributed by atoms with Crippen LogP contribution in [0.15, 0.2) is 58.4 Å². The lowest BCUT2D eigenvalue weighted by atomic mass is 9.98. The van der Waals surface area contributed by atoms with Crippen LogP contribution >= 0.6 is 11.6 Å². The second-order valence-corrected chi connectivity index (χ2v) is 9.74. The number of hydrogen-bond acceptors (Lipinski definition) is 6. The number of methoxy groups -OCH3 is 1. The van der Waals surface area contributed by atoms with Crippen LogP contribution in [0.1, 0.15) is 48.3 Å². The van der Waals surface area contributed by atoms with Gasteiger partial charge in [-0.2, -0.15) is 14.0 Å². The Hall–Kier alpha value is -4.49. The van der Waals surface area contributed by atoms with E-state index in [-0.39, 0.29) is 28.4 Å². The van der Waals surface area contributed by atoms with Gasteiger partial charge in [0.1, 0.15) is 11.5 Å². The van der Waals surface area contributed by atoms with Gasteiger partial charge in [-0.3, -0.25) is 14.2 Å². The number of ether oxygens (including phenoxy) is 2. The summed E-state index contributed by atoms with van der Waals surface area (Å²) in [6.45, 7) is 4.85. The molecule has 4 rings (SSSR count). The third kappa shape index (κ3) is 6.00. The van der Waals surface area contributed by atoms with Crippen molar-refractivity contribution in [3.63, 3.8) is 0 Å². The summed E-state index contributed by atoms with van der Waals surface area (Å²) in [5.41, 5.74) is 1.05. The molecule has 0 aliphatic carbocycles. The predicted molar refractivity (Wildman–Crippen MR) is 151 cm³/mol. The van der Waals surface area contributed by atoms with E-state index < -0.39 is 29.3 Å². The summed E-state index contributed by atoms with van der Waals surface area (Å²) < 4.78 is 42.0. The number of benzene rings is 2. The molecule has 11 heteroatoms. The topological polar surface area (TPSA) is 110 Å². The summed E-state index contributed by atoms with van der Waals surface area (Å²) in [4.78, 5) is 33.5. The Bertz CT molecular complexity index is 1780. The van der Waals surface area contributed by atoms with Gasteiger partial charge in [-0.15, -0.1) is 0 Å². The molecule has 4 aromatic rings. The number of rotatable bonds is 9. The lowest BCUT2D eigenvalue weighted by Gasteiger charge is -2.19. The Balaban J connectivity index is 1.86. The number of aromatic amines is 1. The number of H-pyrrole nitrogens is 1. The molecular weight excluding hydrogens is 554 g/mol. The van der Waals surface area contributed by atoms with Crippen molar-refractivity contribution >= 4 is 11.6 Å². The van der Waals surface area contributed by atoms with Gasteiger partial charge in [0, 0.05) is 22.7 Å². The summed E-state index contributed by atoms with van der Waals surface area (Å²) in [5, 5.41) is 9.40. The van der Waals surface area contributed by atoms with Crippen molar-refractivity contribution in [1.29, 1.82) is 5.26 Å². The first-order chi connectivity index (χ1) is 19.5. The highest BCUT2D eigenvalue weighted by Crippen LogP contribution is 2.36. The minimum Gasteiger partial charge on any atom is -0.496 e. The van der Waals surface area contributed by atoms with Crippen LogP contribution in [0, 0.1) is 18.3 Å². The van der Waals surface area contributed by atoms with Gasteiger partial charge in [0.05, 0.1) is 31.6 Å². The summed E-state index contributed by atoms with van der Waals surface area (Å²) in [6, 6.07) is 12.9. The fraction of sp³-hybridized carbons (Fsp3) is 0.267. The van der Waals surface area contributed by atoms with Gasteiger partial charge in [0.25, 0.3) is 17.0 Å². The highest BCUT2D eigenvalue weighted by atomic mass is 35.5. The van der Waals surface area contributed by atoms with E-state index in [9.17, 15) is 23.6 Å². The molecule has 0 aliphatic heterocycles. The minimum absolute atomic E-state index is 0.0621. The van der Waals surface area contributed by atoms with E-state index in [0.29, 0.717) is 34.6 Å². The van der Waals surface area contributed by atoms with E-state index in [1.165, 1.54) is 32.2 Å². The lowest BCUT2D eigenvalue weighted by Crippen LogP contribution is -2.28. The summed E-state index contributed by atoms with van der Waals surface area (Å²) in [7, 11) is 1.54. The van der Waals surface area contributed by atoms with Crippen molar-refractivity contribution in [2.24, 2.45) is 0 Å². The van der Waals surface area contributed by atoms with Gasteiger partial charge in [-0.05, 0) is 60.4 Å². The van der Waals surface area contributed by atoms with Gasteiger partial charge in [-0.1, -0.05) is 37.6 Å². The number of pyridine rings is 1. The quantitative estimate of drug-likeness (QED) is 0.247. The molecule has 8 nitrogen and oxygen atoms in total. The second kappa shape index (κ2) is 11.9. The molecule has 0 saturated heterocycles. The number of alkyl halides is 2. The van der Waals surface area contributed by atoms with E-state index in [1.54, 1.807) is 24.3 Å². The Morgan fingerprint density at radius 2 is 1.90 bits per heavy atom. The maximum absolute atomic E-state index is 14.9. The van der Waals surface area contributed by atoms with E-state index in [0.717, 1.165) is 16.5 Å². The largest absolute Gasteiger partial charge is 0.496 e. The van der Waals surface area contributed by atoms with Crippen LogP contribution in [0.2, 0.25) is 5.02 Å². The Morgan fingerprint density at radius 3 is 2.56 bits per heavy atom. The van der Waals surface area contributed by atoms with Crippen molar-refractivity contribution in [2.75, 3.05) is 7.11 Å². The fourth-order valence-corrected chi connectivity index (χ4v) is 4.71. The second-order valence-electron chi connectivity index (χ2n) is 9.31. The van der Waals surface area contributed by atoms with Crippen molar-refractivity contribution in [1.82, 2.24) is 14.5 Å². The molecule has 0 bridgehead atoms. The molecule has 0 fully saturated rings. The molecule has 0 saturated carbocycles. The standard InChI is InChI=1S/C30H27ClF2N4O4/c1-5-24-19(12-23(28(38)36-24)22-8-7-9-25(40-4)17(22)3)15-37-16-35-27(30(32,33)6-2)26(29(37)39)41-21-11-18(14-34)10-20(31)13-21/h7-13,16H,5-6,15H2,1-4H3,(H,36,38). The molecule has 41 heavy (non-hydrogen) atoms. The molecule has 2 heterocycles. The molecule has 2 aromatic heterocycles. The summed E-state index contributed by atoms with van der Waals surface area (Å²) >= 11 is 6.06. The average Bonchev–Trinajstić information content (AvgIpc) is 2.95. The fourth-order valence-electron chi connectivity index (χ4n) is 4.49. The van der Waals surface area contributed by atoms with Crippen molar-refractivity contribution in [3.8, 4) is 34.4 Å². The number of hydrogen-bond donors (Lipinski definition) is 1. The molecule has 212 valence electrons. The molecule has 0 atom stereocenters. The van der Waals surface area contributed by atoms with Crippen LogP contribution in [0.4, 0.5) is 8.78 Å². The molecular formula is C30H27ClF2N4O4. The number of halogens is 3. The third-order valence-electron chi connectivity index (χ3n) is 6.71. The number of nitrogens with one attached hydrogen (secondary N) is 1. The smallest absolute Gasteiger partial charge is 0.297 e. The number of aromatic nitrogens is 3. The van der Waals surface area contributed by atoms with Crippen LogP contribution in [0.5, 0.6) is 17.2 Å². The van der Waals surface area contributed by atoms with E-state index in [1.807, 2.05) is 19.9 Å². The van der Waals surface area contributed by atoms with Crippen LogP contribution in [0.3, 0.4) is 0 Å². The van der Waals surface area contributed by atoms with Crippen molar-refractivity contribution in [2.45, 2.75) is 46.1 Å². The first-order valence-electron chi connectivity index (χ1n) is 12.8. The van der Waals surface area contributed by atoms with Gasteiger partial charge in [0.15, 0.2) is 5.69 Å². The molecule has 0 spiro atoms. The SMILES string of the molecule is CCc1[nH]c(=O)c(-c2cccc(OC)c2C)cc1Cn1cnc(C(F)(F)CC)c(Oc2cc(Cl)cc(C#N)c2)c1=O.